The average molecular weight is 536 g/mol. The predicted octanol–water partition coefficient (Wildman–Crippen LogP) is 3.09. The Balaban J connectivity index is 2.29. The van der Waals surface area contributed by atoms with Gasteiger partial charge in [-0.25, -0.2) is 0 Å². The lowest BCUT2D eigenvalue weighted by Crippen LogP contribution is -2.76. The number of carbonyl (C=O) groups is 3. The minimum Gasteiger partial charge on any atom is -0.493 e. The van der Waals surface area contributed by atoms with Crippen molar-refractivity contribution in [2.75, 3.05) is 33.9 Å². The van der Waals surface area contributed by atoms with E-state index in [2.05, 4.69) is 27.8 Å². The Kier molecular flexibility index (Phi) is 7.63. The van der Waals surface area contributed by atoms with Crippen molar-refractivity contribution >= 4 is 33.8 Å². The van der Waals surface area contributed by atoms with Gasteiger partial charge < -0.3 is 23.8 Å². The van der Waals surface area contributed by atoms with Crippen LogP contribution in [0.1, 0.15) is 45.6 Å². The summed E-state index contributed by atoms with van der Waals surface area (Å²) in [6, 6.07) is 5.05. The maximum absolute atomic E-state index is 13.5. The maximum Gasteiger partial charge on any atom is 0.318 e. The highest BCUT2D eigenvalue weighted by molar-refractivity contribution is 9.10. The fourth-order valence-electron chi connectivity index (χ4n) is 5.20. The lowest BCUT2D eigenvalue weighted by molar-refractivity contribution is -0.206. The third kappa shape index (κ3) is 4.41. The predicted molar refractivity (Wildman–Crippen MR) is 128 cm³/mol. The van der Waals surface area contributed by atoms with E-state index in [0.29, 0.717) is 37.2 Å². The van der Waals surface area contributed by atoms with Gasteiger partial charge in [-0.1, -0.05) is 34.3 Å². The number of carbonyl (C=O) groups excluding carboxylic acids is 3. The molecule has 1 aromatic carbocycles. The Labute approximate surface area is 208 Å². The van der Waals surface area contributed by atoms with Crippen molar-refractivity contribution in [3.8, 4) is 23.3 Å². The summed E-state index contributed by atoms with van der Waals surface area (Å²) in [5, 5.41) is 0. The van der Waals surface area contributed by atoms with Crippen molar-refractivity contribution in [2.24, 2.45) is 5.41 Å². The number of benzene rings is 1. The van der Waals surface area contributed by atoms with Crippen molar-refractivity contribution in [3.63, 3.8) is 0 Å². The number of hydrogen-bond donors (Lipinski definition) is 0. The summed E-state index contributed by atoms with van der Waals surface area (Å²) in [6.07, 6.45) is 1.82. The van der Waals surface area contributed by atoms with Gasteiger partial charge in [0.1, 0.15) is 5.41 Å². The number of alkyl halides is 1. The van der Waals surface area contributed by atoms with Crippen molar-refractivity contribution < 1.29 is 33.3 Å². The summed E-state index contributed by atoms with van der Waals surface area (Å²) in [5.74, 6) is 5.20. The molecule has 0 N–H and O–H groups in total. The molecule has 2 bridgehead atoms. The van der Waals surface area contributed by atoms with Crippen molar-refractivity contribution in [1.82, 2.24) is 4.90 Å². The van der Waals surface area contributed by atoms with E-state index in [1.165, 1.54) is 21.0 Å². The number of ether oxygens (including phenoxy) is 4. The molecule has 3 rings (SSSR count). The molecule has 0 amide bonds. The van der Waals surface area contributed by atoms with Gasteiger partial charge in [-0.05, 0) is 44.9 Å². The summed E-state index contributed by atoms with van der Waals surface area (Å²) in [5.41, 5.74) is -2.36. The number of piperidine rings is 1. The molecule has 1 saturated carbocycles. The van der Waals surface area contributed by atoms with Gasteiger partial charge in [0.15, 0.2) is 11.5 Å². The Hall–Kier alpha value is -2.57. The van der Waals surface area contributed by atoms with Gasteiger partial charge in [-0.2, -0.15) is 0 Å². The Morgan fingerprint density at radius 1 is 1.15 bits per heavy atom. The number of hydrogen-bond acceptors (Lipinski definition) is 8. The molecule has 8 nitrogen and oxygen atoms in total. The molecule has 1 heterocycles. The maximum atomic E-state index is 13.5. The molecule has 0 aromatic heterocycles. The molecule has 34 heavy (non-hydrogen) atoms. The number of esters is 3. The first kappa shape index (κ1) is 26.0. The van der Waals surface area contributed by atoms with E-state index in [1.807, 2.05) is 11.9 Å². The summed E-state index contributed by atoms with van der Waals surface area (Å²) < 4.78 is 21.5. The average Bonchev–Trinajstić information content (AvgIpc) is 2.74. The highest BCUT2D eigenvalue weighted by Crippen LogP contribution is 2.59. The van der Waals surface area contributed by atoms with E-state index in [1.54, 1.807) is 25.1 Å². The highest BCUT2D eigenvalue weighted by Gasteiger charge is 2.73. The smallest absolute Gasteiger partial charge is 0.318 e. The minimum atomic E-state index is -1.51. The van der Waals surface area contributed by atoms with Crippen LogP contribution in [0.2, 0.25) is 0 Å². The second-order valence-electron chi connectivity index (χ2n) is 8.75. The van der Waals surface area contributed by atoms with E-state index < -0.39 is 33.2 Å². The van der Waals surface area contributed by atoms with Crippen molar-refractivity contribution in [2.45, 2.75) is 50.0 Å². The molecule has 0 radical (unpaired) electrons. The van der Waals surface area contributed by atoms with Crippen molar-refractivity contribution in [1.29, 1.82) is 0 Å². The van der Waals surface area contributed by atoms with Gasteiger partial charge in [-0.3, -0.25) is 14.4 Å². The number of halogens is 1. The number of rotatable bonds is 5. The van der Waals surface area contributed by atoms with Crippen molar-refractivity contribution in [3.05, 3.63) is 23.8 Å². The monoisotopic (exact) mass is 535 g/mol. The molecule has 0 spiro atoms. The topological polar surface area (TPSA) is 91.4 Å². The van der Waals surface area contributed by atoms with E-state index in [9.17, 15) is 14.4 Å². The number of methoxy groups -OCH3 is 1. The molecular weight excluding hydrogens is 506 g/mol. The second kappa shape index (κ2) is 9.96. The van der Waals surface area contributed by atoms with Gasteiger partial charge in [0, 0.05) is 26.9 Å². The van der Waals surface area contributed by atoms with E-state index in [4.69, 9.17) is 18.9 Å². The van der Waals surface area contributed by atoms with Crippen LogP contribution in [0, 0.1) is 17.3 Å². The molecule has 2 aliphatic rings. The molecule has 9 heteroatoms. The molecule has 0 unspecified atom stereocenters. The SMILES string of the molecule is CCOC(=O)[C@]12CCC[C@](Br)(CN(C)C1)[C@@]2(C#Cc1cccc(OC)c1OC(C)=O)OC(C)=O. The fourth-order valence-corrected chi connectivity index (χ4v) is 6.47. The van der Waals surface area contributed by atoms with Crippen LogP contribution in [-0.4, -0.2) is 66.6 Å². The Morgan fingerprint density at radius 3 is 2.50 bits per heavy atom. The van der Waals surface area contributed by atoms with Crippen LogP contribution in [0.4, 0.5) is 0 Å². The van der Waals surface area contributed by atoms with Crippen LogP contribution in [-0.2, 0) is 23.9 Å². The first-order valence-corrected chi connectivity index (χ1v) is 12.0. The summed E-state index contributed by atoms with van der Waals surface area (Å²) in [6.45, 7) is 5.35. The molecule has 3 atom stereocenters. The van der Waals surface area contributed by atoms with Crippen LogP contribution in [0.25, 0.3) is 0 Å². The third-order valence-corrected chi connectivity index (χ3v) is 7.53. The van der Waals surface area contributed by atoms with E-state index in [-0.39, 0.29) is 12.4 Å². The van der Waals surface area contributed by atoms with Crippen LogP contribution < -0.4 is 9.47 Å². The van der Waals surface area contributed by atoms with Crippen LogP contribution in [0.5, 0.6) is 11.5 Å². The zero-order valence-electron chi connectivity index (χ0n) is 20.2. The number of para-hydroxylation sites is 1. The lowest BCUT2D eigenvalue weighted by Gasteiger charge is -2.61. The zero-order chi connectivity index (χ0) is 25.1. The summed E-state index contributed by atoms with van der Waals surface area (Å²) >= 11 is 3.86. The summed E-state index contributed by atoms with van der Waals surface area (Å²) in [7, 11) is 3.38. The second-order valence-corrected chi connectivity index (χ2v) is 10.3. The van der Waals surface area contributed by atoms with E-state index >= 15 is 0 Å². The number of nitrogens with zero attached hydrogens (tertiary/aromatic N) is 1. The van der Waals surface area contributed by atoms with Crippen LogP contribution in [0.15, 0.2) is 18.2 Å². The van der Waals surface area contributed by atoms with Gasteiger partial charge in [0.05, 0.1) is 23.6 Å². The quantitative estimate of drug-likeness (QED) is 0.246. The molecule has 1 saturated heterocycles. The van der Waals surface area contributed by atoms with Crippen LogP contribution in [0.3, 0.4) is 0 Å². The van der Waals surface area contributed by atoms with Gasteiger partial charge >= 0.3 is 17.9 Å². The molecule has 184 valence electrons. The lowest BCUT2D eigenvalue weighted by atomic mass is 9.55. The first-order chi connectivity index (χ1) is 16.0. The standard InChI is InChI=1S/C25H30BrNO7/c1-6-32-22(30)23-12-8-13-24(26,16-27(4)15-23)25(23,34-18(3)29)14-11-19-9-7-10-20(31-5)21(19)33-17(2)28/h7,9-10H,6,8,12-13,15-16H2,1-5H3/t23-,24-,25-/m0/s1. The highest BCUT2D eigenvalue weighted by atomic mass is 79.9. The summed E-state index contributed by atoms with van der Waals surface area (Å²) in [4.78, 5) is 39.7. The fraction of sp³-hybridized carbons (Fsp3) is 0.560. The van der Waals surface area contributed by atoms with Gasteiger partial charge in [-0.15, -0.1) is 0 Å². The van der Waals surface area contributed by atoms with Gasteiger partial charge in [0.25, 0.3) is 0 Å². The molecule has 2 fully saturated rings. The Morgan fingerprint density at radius 2 is 1.88 bits per heavy atom. The van der Waals surface area contributed by atoms with Gasteiger partial charge in [0.2, 0.25) is 5.60 Å². The number of likely N-dealkylation sites (tertiary alicyclic amines) is 1. The molecule has 1 aromatic rings. The zero-order valence-corrected chi connectivity index (χ0v) is 21.7. The third-order valence-electron chi connectivity index (χ3n) is 6.32. The molecular formula is C25H30BrNO7. The van der Waals surface area contributed by atoms with E-state index in [0.717, 1.165) is 6.42 Å². The Bertz CT molecular complexity index is 1050. The number of fused-ring (bicyclic) bond motifs is 2. The molecule has 1 aliphatic heterocycles. The minimum absolute atomic E-state index is 0.162. The molecule has 1 aliphatic carbocycles. The largest absolute Gasteiger partial charge is 0.493 e. The van der Waals surface area contributed by atoms with Crippen LogP contribution >= 0.6 is 15.9 Å². The normalized spacial score (nSPS) is 28.2. The first-order valence-electron chi connectivity index (χ1n) is 11.2.